The van der Waals surface area contributed by atoms with Gasteiger partial charge in [-0.3, -0.25) is 4.79 Å². The zero-order chi connectivity index (χ0) is 21.5. The van der Waals surface area contributed by atoms with Crippen molar-refractivity contribution in [3.63, 3.8) is 0 Å². The number of benzene rings is 1. The summed E-state index contributed by atoms with van der Waals surface area (Å²) in [4.78, 5) is 12.6. The van der Waals surface area contributed by atoms with Gasteiger partial charge in [-0.2, -0.15) is 18.3 Å². The van der Waals surface area contributed by atoms with Gasteiger partial charge in [0.25, 0.3) is 5.56 Å². The second kappa shape index (κ2) is 7.71. The van der Waals surface area contributed by atoms with Crippen LogP contribution in [0, 0.1) is 6.92 Å². The van der Waals surface area contributed by atoms with Gasteiger partial charge in [0.05, 0.1) is 29.9 Å². The van der Waals surface area contributed by atoms with Crippen molar-refractivity contribution >= 4 is 16.6 Å². The molecule has 0 saturated carbocycles. The predicted octanol–water partition coefficient (Wildman–Crippen LogP) is 4.25. The van der Waals surface area contributed by atoms with Gasteiger partial charge >= 0.3 is 6.18 Å². The van der Waals surface area contributed by atoms with Crippen molar-refractivity contribution in [3.8, 4) is 0 Å². The summed E-state index contributed by atoms with van der Waals surface area (Å²) in [5.74, 6) is 0.410. The molecule has 158 valence electrons. The van der Waals surface area contributed by atoms with E-state index in [-0.39, 0.29) is 11.6 Å². The normalized spacial score (nSPS) is 18.0. The fraction of sp³-hybridized carbons (Fsp3) is 0.381. The second-order valence-electron chi connectivity index (χ2n) is 7.49. The molecular formula is C21H21F3N4O2. The van der Waals surface area contributed by atoms with Gasteiger partial charge in [0.15, 0.2) is 5.82 Å². The molecule has 3 aromatic rings. The van der Waals surface area contributed by atoms with E-state index < -0.39 is 17.8 Å². The van der Waals surface area contributed by atoms with E-state index in [4.69, 9.17) is 4.74 Å². The van der Waals surface area contributed by atoms with Gasteiger partial charge in [-0.1, -0.05) is 12.1 Å². The Hall–Kier alpha value is -2.94. The molecule has 0 bridgehead atoms. The van der Waals surface area contributed by atoms with Crippen molar-refractivity contribution in [2.24, 2.45) is 0 Å². The molecule has 0 amide bonds. The molecule has 2 unspecified atom stereocenters. The van der Waals surface area contributed by atoms with Crippen molar-refractivity contribution in [1.82, 2.24) is 14.8 Å². The van der Waals surface area contributed by atoms with E-state index in [2.05, 4.69) is 15.5 Å². The van der Waals surface area contributed by atoms with Crippen LogP contribution in [-0.2, 0) is 10.9 Å². The highest BCUT2D eigenvalue weighted by Gasteiger charge is 2.30. The Balaban J connectivity index is 1.73. The first-order valence-electron chi connectivity index (χ1n) is 9.64. The summed E-state index contributed by atoms with van der Waals surface area (Å²) in [5.41, 5.74) is 0.224. The summed E-state index contributed by atoms with van der Waals surface area (Å²) in [6.07, 6.45) is -1.93. The number of nitrogens with zero attached hydrogens (tertiary/aromatic N) is 3. The number of nitrogens with one attached hydrogen (secondary N) is 1. The van der Waals surface area contributed by atoms with Gasteiger partial charge in [0.2, 0.25) is 0 Å². The standard InChI is InChI=1S/C21H21F3N4O2/c1-12(14-4-3-5-15(8-14)21(22,23)24)25-20-18-10-28(16-6-7-30-11-16)19(29)9-17(18)13(2)26-27-20/h3-5,8-10,12,16H,6-7,11H2,1-2H3,(H,25,27). The number of aromatic nitrogens is 3. The number of alkyl halides is 3. The van der Waals surface area contributed by atoms with E-state index in [1.54, 1.807) is 30.7 Å². The highest BCUT2D eigenvalue weighted by Crippen LogP contribution is 2.32. The Bertz CT molecular complexity index is 1140. The number of rotatable bonds is 4. The van der Waals surface area contributed by atoms with Crippen molar-refractivity contribution < 1.29 is 17.9 Å². The molecule has 3 heterocycles. The van der Waals surface area contributed by atoms with E-state index >= 15 is 0 Å². The Morgan fingerprint density at radius 2 is 2.03 bits per heavy atom. The van der Waals surface area contributed by atoms with Gasteiger partial charge in [-0.25, -0.2) is 0 Å². The first-order valence-corrected chi connectivity index (χ1v) is 9.64. The lowest BCUT2D eigenvalue weighted by atomic mass is 10.0. The van der Waals surface area contributed by atoms with Crippen LogP contribution in [0.25, 0.3) is 10.8 Å². The molecule has 1 fully saturated rings. The second-order valence-corrected chi connectivity index (χ2v) is 7.49. The molecule has 1 aromatic carbocycles. The zero-order valence-corrected chi connectivity index (χ0v) is 16.5. The lowest BCUT2D eigenvalue weighted by Gasteiger charge is -2.19. The summed E-state index contributed by atoms with van der Waals surface area (Å²) in [6.45, 7) is 4.58. The molecule has 1 saturated heterocycles. The highest BCUT2D eigenvalue weighted by molar-refractivity contribution is 5.92. The van der Waals surface area contributed by atoms with Crippen LogP contribution in [0.15, 0.2) is 41.3 Å². The average molecular weight is 418 g/mol. The summed E-state index contributed by atoms with van der Waals surface area (Å²) in [5, 5.41) is 12.8. The van der Waals surface area contributed by atoms with Crippen molar-refractivity contribution in [1.29, 1.82) is 0 Å². The lowest BCUT2D eigenvalue weighted by molar-refractivity contribution is -0.137. The van der Waals surface area contributed by atoms with Crippen LogP contribution in [0.1, 0.15) is 42.2 Å². The number of anilines is 1. The van der Waals surface area contributed by atoms with E-state index in [9.17, 15) is 18.0 Å². The van der Waals surface area contributed by atoms with Gasteiger partial charge in [0.1, 0.15) is 0 Å². The number of hydrogen-bond acceptors (Lipinski definition) is 5. The van der Waals surface area contributed by atoms with Crippen LogP contribution in [0.2, 0.25) is 0 Å². The molecule has 2 atom stereocenters. The van der Waals surface area contributed by atoms with Crippen LogP contribution in [0.5, 0.6) is 0 Å². The summed E-state index contributed by atoms with van der Waals surface area (Å²) in [7, 11) is 0. The molecule has 1 aliphatic heterocycles. The molecule has 4 rings (SSSR count). The number of ether oxygens (including phenoxy) is 1. The molecule has 30 heavy (non-hydrogen) atoms. The molecule has 9 heteroatoms. The fourth-order valence-corrected chi connectivity index (χ4v) is 3.67. The Morgan fingerprint density at radius 3 is 2.73 bits per heavy atom. The monoisotopic (exact) mass is 418 g/mol. The van der Waals surface area contributed by atoms with Crippen molar-refractivity contribution in [2.75, 3.05) is 18.5 Å². The SMILES string of the molecule is Cc1nnc(NC(C)c2cccc(C(F)(F)F)c2)c2cn(C3CCOC3)c(=O)cc12. The smallest absolute Gasteiger partial charge is 0.379 e. The summed E-state index contributed by atoms with van der Waals surface area (Å²) in [6, 6.07) is 6.19. The maximum atomic E-state index is 13.1. The van der Waals surface area contributed by atoms with Crippen LogP contribution >= 0.6 is 0 Å². The third-order valence-corrected chi connectivity index (χ3v) is 5.39. The maximum Gasteiger partial charge on any atom is 0.416 e. The highest BCUT2D eigenvalue weighted by atomic mass is 19.4. The number of aryl methyl sites for hydroxylation is 1. The fourth-order valence-electron chi connectivity index (χ4n) is 3.67. The lowest BCUT2D eigenvalue weighted by Crippen LogP contribution is -2.24. The number of hydrogen-bond donors (Lipinski definition) is 1. The first kappa shape index (κ1) is 20.3. The summed E-state index contributed by atoms with van der Waals surface area (Å²) < 4.78 is 46.2. The van der Waals surface area contributed by atoms with Crippen LogP contribution in [-0.4, -0.2) is 28.0 Å². The van der Waals surface area contributed by atoms with Gasteiger partial charge < -0.3 is 14.6 Å². The number of pyridine rings is 1. The number of fused-ring (bicyclic) bond motifs is 1. The molecule has 6 nitrogen and oxygen atoms in total. The van der Waals surface area contributed by atoms with Crippen molar-refractivity contribution in [3.05, 3.63) is 63.7 Å². The molecule has 2 aromatic heterocycles. The maximum absolute atomic E-state index is 13.1. The van der Waals surface area contributed by atoms with E-state index in [1.807, 2.05) is 0 Å². The zero-order valence-electron chi connectivity index (χ0n) is 16.5. The van der Waals surface area contributed by atoms with Crippen LogP contribution < -0.4 is 10.9 Å². The van der Waals surface area contributed by atoms with Crippen LogP contribution in [0.4, 0.5) is 19.0 Å². The van der Waals surface area contributed by atoms with E-state index in [0.29, 0.717) is 41.1 Å². The quantitative estimate of drug-likeness (QED) is 0.686. The number of halogens is 3. The van der Waals surface area contributed by atoms with Crippen LogP contribution in [0.3, 0.4) is 0 Å². The molecule has 0 radical (unpaired) electrons. The molecule has 1 aliphatic rings. The van der Waals surface area contributed by atoms with Gasteiger partial charge in [-0.05, 0) is 38.0 Å². The van der Waals surface area contributed by atoms with E-state index in [0.717, 1.165) is 18.6 Å². The Morgan fingerprint density at radius 1 is 1.23 bits per heavy atom. The third-order valence-electron chi connectivity index (χ3n) is 5.39. The molecular weight excluding hydrogens is 397 g/mol. The minimum absolute atomic E-state index is 0.0517. The predicted molar refractivity (Wildman–Crippen MR) is 106 cm³/mol. The summed E-state index contributed by atoms with van der Waals surface area (Å²) >= 11 is 0. The molecule has 0 spiro atoms. The average Bonchev–Trinajstić information content (AvgIpc) is 3.24. The topological polar surface area (TPSA) is 69.0 Å². The van der Waals surface area contributed by atoms with Crippen molar-refractivity contribution in [2.45, 2.75) is 38.5 Å². The largest absolute Gasteiger partial charge is 0.416 e. The Kier molecular flexibility index (Phi) is 5.23. The molecule has 1 N–H and O–H groups in total. The minimum Gasteiger partial charge on any atom is -0.379 e. The molecule has 0 aliphatic carbocycles. The Labute approximate surface area is 170 Å². The van der Waals surface area contributed by atoms with Gasteiger partial charge in [-0.15, -0.1) is 5.10 Å². The minimum atomic E-state index is -4.41. The van der Waals surface area contributed by atoms with Gasteiger partial charge in [0, 0.05) is 29.6 Å². The third kappa shape index (κ3) is 3.89. The van der Waals surface area contributed by atoms with E-state index in [1.165, 1.54) is 12.1 Å². The first-order chi connectivity index (χ1) is 14.2.